The molecule has 1 N–H and O–H groups in total. The molecular weight excluding hydrogens is 246 g/mol. The summed E-state index contributed by atoms with van der Waals surface area (Å²) in [6, 6.07) is 10.6. The van der Waals surface area contributed by atoms with E-state index in [1.165, 1.54) is 31.2 Å². The van der Waals surface area contributed by atoms with Gasteiger partial charge >= 0.3 is 0 Å². The molecule has 1 aromatic carbocycles. The van der Waals surface area contributed by atoms with Crippen molar-refractivity contribution < 1.29 is 5.11 Å². The standard InChI is InChI=1S/C18H27NO/c1-15-7-9-17(10-8-15)18(20)11-12-19(14-18)13-16-5-3-2-4-6-16/h2-6,15,17,20H,7-14H2,1H3. The Morgan fingerprint density at radius 1 is 1.15 bits per heavy atom. The van der Waals surface area contributed by atoms with Crippen LogP contribution < -0.4 is 0 Å². The molecule has 0 spiro atoms. The summed E-state index contributed by atoms with van der Waals surface area (Å²) < 4.78 is 0. The molecule has 0 radical (unpaired) electrons. The topological polar surface area (TPSA) is 23.5 Å². The third kappa shape index (κ3) is 3.07. The van der Waals surface area contributed by atoms with E-state index in [9.17, 15) is 5.11 Å². The third-order valence-corrected chi connectivity index (χ3v) is 5.38. The number of β-amino-alcohol motifs (C(OH)–C–C–N with tert-alkyl or cyclic N) is 1. The van der Waals surface area contributed by atoms with Gasteiger partial charge in [-0.25, -0.2) is 0 Å². The highest BCUT2D eigenvalue weighted by Gasteiger charge is 2.43. The Balaban J connectivity index is 1.58. The number of hydrogen-bond acceptors (Lipinski definition) is 2. The second-order valence-corrected chi connectivity index (χ2v) is 7.01. The quantitative estimate of drug-likeness (QED) is 0.912. The first-order chi connectivity index (χ1) is 9.66. The SMILES string of the molecule is CC1CCC(C2(O)CCN(Cc3ccccc3)C2)CC1. The Morgan fingerprint density at radius 2 is 1.85 bits per heavy atom. The maximum atomic E-state index is 11.0. The highest BCUT2D eigenvalue weighted by molar-refractivity contribution is 5.15. The summed E-state index contributed by atoms with van der Waals surface area (Å²) in [6.07, 6.45) is 5.99. The molecule has 2 fully saturated rings. The fraction of sp³-hybridized carbons (Fsp3) is 0.667. The van der Waals surface area contributed by atoms with Crippen LogP contribution in [0.2, 0.25) is 0 Å². The first-order valence-corrected chi connectivity index (χ1v) is 8.14. The van der Waals surface area contributed by atoms with E-state index in [0.29, 0.717) is 5.92 Å². The van der Waals surface area contributed by atoms with Gasteiger partial charge in [0.05, 0.1) is 5.60 Å². The molecular formula is C18H27NO. The van der Waals surface area contributed by atoms with Gasteiger partial charge in [0.1, 0.15) is 0 Å². The van der Waals surface area contributed by atoms with Crippen molar-refractivity contribution in [2.75, 3.05) is 13.1 Å². The summed E-state index contributed by atoms with van der Waals surface area (Å²) in [4.78, 5) is 2.42. The maximum Gasteiger partial charge on any atom is 0.0814 e. The molecule has 1 aromatic rings. The van der Waals surface area contributed by atoms with Crippen molar-refractivity contribution in [1.82, 2.24) is 4.90 Å². The van der Waals surface area contributed by atoms with E-state index in [1.54, 1.807) is 0 Å². The van der Waals surface area contributed by atoms with Crippen molar-refractivity contribution in [3.05, 3.63) is 35.9 Å². The monoisotopic (exact) mass is 273 g/mol. The molecule has 1 atom stereocenters. The zero-order chi connectivity index (χ0) is 14.0. The molecule has 0 amide bonds. The lowest BCUT2D eigenvalue weighted by Gasteiger charge is -2.37. The molecule has 1 aliphatic heterocycles. The highest BCUT2D eigenvalue weighted by Crippen LogP contribution is 2.40. The van der Waals surface area contributed by atoms with Crippen LogP contribution in [0, 0.1) is 11.8 Å². The van der Waals surface area contributed by atoms with Gasteiger partial charge < -0.3 is 5.11 Å². The molecule has 20 heavy (non-hydrogen) atoms. The minimum atomic E-state index is -0.422. The number of benzene rings is 1. The maximum absolute atomic E-state index is 11.0. The van der Waals surface area contributed by atoms with Gasteiger partial charge in [0.15, 0.2) is 0 Å². The van der Waals surface area contributed by atoms with E-state index in [1.807, 2.05) is 0 Å². The molecule has 0 aromatic heterocycles. The smallest absolute Gasteiger partial charge is 0.0814 e. The highest BCUT2D eigenvalue weighted by atomic mass is 16.3. The molecule has 3 rings (SSSR count). The van der Waals surface area contributed by atoms with Crippen LogP contribution in [0.4, 0.5) is 0 Å². The van der Waals surface area contributed by atoms with Crippen LogP contribution >= 0.6 is 0 Å². The van der Waals surface area contributed by atoms with Gasteiger partial charge in [-0.2, -0.15) is 0 Å². The molecule has 2 aliphatic rings. The van der Waals surface area contributed by atoms with Crippen LogP contribution in [0.3, 0.4) is 0 Å². The Labute approximate surface area is 122 Å². The van der Waals surface area contributed by atoms with E-state index in [4.69, 9.17) is 0 Å². The van der Waals surface area contributed by atoms with E-state index in [0.717, 1.165) is 32.0 Å². The third-order valence-electron chi connectivity index (χ3n) is 5.38. The Hall–Kier alpha value is -0.860. The molecule has 2 nitrogen and oxygen atoms in total. The molecule has 110 valence electrons. The van der Waals surface area contributed by atoms with Gasteiger partial charge in [-0.3, -0.25) is 4.90 Å². The second-order valence-electron chi connectivity index (χ2n) is 7.01. The summed E-state index contributed by atoms with van der Waals surface area (Å²) in [5, 5.41) is 11.0. The average molecular weight is 273 g/mol. The molecule has 2 heteroatoms. The lowest BCUT2D eigenvalue weighted by Crippen LogP contribution is -2.42. The fourth-order valence-corrected chi connectivity index (χ4v) is 4.00. The van der Waals surface area contributed by atoms with Gasteiger partial charge in [-0.15, -0.1) is 0 Å². The van der Waals surface area contributed by atoms with Crippen molar-refractivity contribution >= 4 is 0 Å². The minimum Gasteiger partial charge on any atom is -0.388 e. The van der Waals surface area contributed by atoms with Crippen molar-refractivity contribution in [1.29, 1.82) is 0 Å². The van der Waals surface area contributed by atoms with Crippen molar-refractivity contribution in [2.45, 2.75) is 51.2 Å². The van der Waals surface area contributed by atoms with Crippen molar-refractivity contribution in [2.24, 2.45) is 11.8 Å². The van der Waals surface area contributed by atoms with Crippen LogP contribution in [-0.4, -0.2) is 28.7 Å². The zero-order valence-electron chi connectivity index (χ0n) is 12.6. The predicted molar refractivity (Wildman–Crippen MR) is 82.4 cm³/mol. The fourth-order valence-electron chi connectivity index (χ4n) is 4.00. The minimum absolute atomic E-state index is 0.422. The van der Waals surface area contributed by atoms with Crippen LogP contribution in [-0.2, 0) is 6.54 Å². The zero-order valence-corrected chi connectivity index (χ0v) is 12.6. The van der Waals surface area contributed by atoms with E-state index < -0.39 is 5.60 Å². The lowest BCUT2D eigenvalue weighted by molar-refractivity contribution is -0.0285. The summed E-state index contributed by atoms with van der Waals surface area (Å²) in [7, 11) is 0. The first kappa shape index (κ1) is 14.1. The predicted octanol–water partition coefficient (Wildman–Crippen LogP) is 3.45. The average Bonchev–Trinajstić information content (AvgIpc) is 2.83. The summed E-state index contributed by atoms with van der Waals surface area (Å²) >= 11 is 0. The number of nitrogens with zero attached hydrogens (tertiary/aromatic N) is 1. The summed E-state index contributed by atoms with van der Waals surface area (Å²) in [5.41, 5.74) is 0.934. The van der Waals surface area contributed by atoms with E-state index in [-0.39, 0.29) is 0 Å². The van der Waals surface area contributed by atoms with Gasteiger partial charge in [0, 0.05) is 19.6 Å². The molecule has 1 heterocycles. The molecule has 1 saturated heterocycles. The number of aliphatic hydroxyl groups is 1. The number of hydrogen-bond donors (Lipinski definition) is 1. The Morgan fingerprint density at radius 3 is 2.55 bits per heavy atom. The van der Waals surface area contributed by atoms with Crippen LogP contribution in [0.5, 0.6) is 0 Å². The molecule has 1 aliphatic carbocycles. The van der Waals surface area contributed by atoms with Crippen molar-refractivity contribution in [3.8, 4) is 0 Å². The van der Waals surface area contributed by atoms with Crippen LogP contribution in [0.15, 0.2) is 30.3 Å². The Bertz CT molecular complexity index is 424. The van der Waals surface area contributed by atoms with Gasteiger partial charge in [0.25, 0.3) is 0 Å². The normalized spacial score (nSPS) is 35.3. The number of likely N-dealkylation sites (tertiary alicyclic amines) is 1. The largest absolute Gasteiger partial charge is 0.388 e. The van der Waals surface area contributed by atoms with Crippen LogP contribution in [0.25, 0.3) is 0 Å². The lowest BCUT2D eigenvalue weighted by atomic mass is 9.73. The summed E-state index contributed by atoms with van der Waals surface area (Å²) in [6.45, 7) is 5.22. The Kier molecular flexibility index (Phi) is 4.13. The van der Waals surface area contributed by atoms with E-state index >= 15 is 0 Å². The number of rotatable bonds is 3. The first-order valence-electron chi connectivity index (χ1n) is 8.14. The van der Waals surface area contributed by atoms with E-state index in [2.05, 4.69) is 42.2 Å². The van der Waals surface area contributed by atoms with Crippen molar-refractivity contribution in [3.63, 3.8) is 0 Å². The van der Waals surface area contributed by atoms with Gasteiger partial charge in [-0.05, 0) is 36.7 Å². The van der Waals surface area contributed by atoms with Gasteiger partial charge in [0.2, 0.25) is 0 Å². The summed E-state index contributed by atoms with van der Waals surface area (Å²) in [5.74, 6) is 1.39. The van der Waals surface area contributed by atoms with Crippen LogP contribution in [0.1, 0.15) is 44.6 Å². The van der Waals surface area contributed by atoms with Gasteiger partial charge in [-0.1, -0.05) is 50.1 Å². The molecule has 0 bridgehead atoms. The molecule has 1 saturated carbocycles. The molecule has 1 unspecified atom stereocenters. The second kappa shape index (κ2) is 5.87.